The van der Waals surface area contributed by atoms with Gasteiger partial charge in [-0.05, 0) is 85.8 Å². The fourth-order valence-electron chi connectivity index (χ4n) is 5.86. The van der Waals surface area contributed by atoms with Gasteiger partial charge in [-0.25, -0.2) is 0 Å². The minimum Gasteiger partial charge on any atom is -0.374 e. The lowest BCUT2D eigenvalue weighted by atomic mass is 9.78. The van der Waals surface area contributed by atoms with Crippen molar-refractivity contribution in [3.63, 3.8) is 0 Å². The van der Waals surface area contributed by atoms with E-state index in [9.17, 15) is 0 Å². The van der Waals surface area contributed by atoms with Crippen molar-refractivity contribution in [2.24, 2.45) is 17.8 Å². The molecule has 2 unspecified atom stereocenters. The van der Waals surface area contributed by atoms with E-state index in [-0.39, 0.29) is 0 Å². The number of rotatable bonds is 8. The quantitative estimate of drug-likeness (QED) is 0.380. The van der Waals surface area contributed by atoms with Crippen LogP contribution in [-0.4, -0.2) is 12.7 Å². The molecule has 0 N–H and O–H groups in total. The monoisotopic (exact) mass is 430 g/mol. The van der Waals surface area contributed by atoms with E-state index >= 15 is 0 Å². The number of hydrogen-bond donors (Lipinski definition) is 0. The highest BCUT2D eigenvalue weighted by atomic mass is 16.5. The van der Waals surface area contributed by atoms with Crippen LogP contribution in [0.25, 0.3) is 11.1 Å². The molecule has 0 amide bonds. The van der Waals surface area contributed by atoms with Gasteiger partial charge in [-0.1, -0.05) is 92.9 Å². The summed E-state index contributed by atoms with van der Waals surface area (Å²) in [6.45, 7) is 7.76. The Hall–Kier alpha value is -1.86. The Morgan fingerprint density at radius 2 is 1.38 bits per heavy atom. The lowest BCUT2D eigenvalue weighted by molar-refractivity contribution is 0.0329. The van der Waals surface area contributed by atoms with Gasteiger partial charge in [-0.15, -0.1) is 0 Å². The zero-order valence-corrected chi connectivity index (χ0v) is 20.4. The third-order valence-corrected chi connectivity index (χ3v) is 8.17. The Labute approximate surface area is 196 Å². The maximum Gasteiger partial charge on any atom is 0.0756 e. The van der Waals surface area contributed by atoms with Gasteiger partial charge in [0.1, 0.15) is 0 Å². The van der Waals surface area contributed by atoms with Crippen molar-refractivity contribution in [1.29, 1.82) is 0 Å². The molecule has 1 nitrogen and oxygen atoms in total. The second-order valence-corrected chi connectivity index (χ2v) is 10.3. The molecule has 172 valence electrons. The van der Waals surface area contributed by atoms with Crippen LogP contribution >= 0.6 is 0 Å². The fourth-order valence-corrected chi connectivity index (χ4v) is 5.86. The second-order valence-electron chi connectivity index (χ2n) is 10.3. The molecule has 1 fully saturated rings. The first-order valence-corrected chi connectivity index (χ1v) is 13.1. The molecule has 1 heteroatoms. The van der Waals surface area contributed by atoms with Gasteiger partial charge in [0.25, 0.3) is 0 Å². The molecule has 2 aromatic rings. The molecule has 1 saturated carbocycles. The third-order valence-electron chi connectivity index (χ3n) is 8.17. The van der Waals surface area contributed by atoms with Gasteiger partial charge < -0.3 is 4.74 Å². The molecule has 0 bridgehead atoms. The molecule has 32 heavy (non-hydrogen) atoms. The van der Waals surface area contributed by atoms with Gasteiger partial charge >= 0.3 is 0 Å². The lowest BCUT2D eigenvalue weighted by Crippen LogP contribution is -2.24. The minimum absolute atomic E-state index is 0.354. The van der Waals surface area contributed by atoms with Crippen LogP contribution in [0.3, 0.4) is 0 Å². The van der Waals surface area contributed by atoms with Gasteiger partial charge in [-0.3, -0.25) is 0 Å². The molecule has 0 heterocycles. The predicted molar refractivity (Wildman–Crippen MR) is 137 cm³/mol. The summed E-state index contributed by atoms with van der Waals surface area (Å²) in [5, 5.41) is 0. The molecular formula is C31H42O. The van der Waals surface area contributed by atoms with Crippen molar-refractivity contribution >= 4 is 0 Å². The summed E-state index contributed by atoms with van der Waals surface area (Å²) in [7, 11) is 0. The number of aryl methyl sites for hydroxylation is 1. The standard InChI is InChI=1S/C31H42O/c1-4-25(5-2)26-18-20-31(21-19-26)32-22-24-8-12-28(13-9-24)30-16-14-29(15-17-30)27-10-6-23(3)7-11-27/h6-7,10-11,14-18,20,24-26,28,31H,4-5,8-9,12-13,19,21-22H2,1-3H3. The average molecular weight is 431 g/mol. The topological polar surface area (TPSA) is 9.23 Å². The molecule has 2 atom stereocenters. The normalized spacial score (nSPS) is 25.9. The summed E-state index contributed by atoms with van der Waals surface area (Å²) >= 11 is 0. The summed E-state index contributed by atoms with van der Waals surface area (Å²) in [6, 6.07) is 18.2. The smallest absolute Gasteiger partial charge is 0.0756 e. The van der Waals surface area contributed by atoms with Crippen molar-refractivity contribution in [2.75, 3.05) is 6.61 Å². The van der Waals surface area contributed by atoms with E-state index < -0.39 is 0 Å². The first-order chi connectivity index (χ1) is 15.7. The van der Waals surface area contributed by atoms with Crippen molar-refractivity contribution in [2.45, 2.75) is 84.2 Å². The number of benzene rings is 2. The van der Waals surface area contributed by atoms with E-state index in [1.807, 2.05) is 0 Å². The molecule has 0 spiro atoms. The van der Waals surface area contributed by atoms with Crippen molar-refractivity contribution in [3.05, 3.63) is 71.8 Å². The van der Waals surface area contributed by atoms with Gasteiger partial charge in [0.15, 0.2) is 0 Å². The van der Waals surface area contributed by atoms with E-state index in [1.54, 1.807) is 0 Å². The zero-order chi connectivity index (χ0) is 22.3. The minimum atomic E-state index is 0.354. The Morgan fingerprint density at radius 1 is 0.750 bits per heavy atom. The molecule has 0 aliphatic heterocycles. The van der Waals surface area contributed by atoms with Crippen LogP contribution < -0.4 is 0 Å². The first-order valence-electron chi connectivity index (χ1n) is 13.1. The highest BCUT2D eigenvalue weighted by molar-refractivity contribution is 5.64. The van der Waals surface area contributed by atoms with Crippen molar-refractivity contribution in [1.82, 2.24) is 0 Å². The largest absolute Gasteiger partial charge is 0.374 e. The molecular weight excluding hydrogens is 388 g/mol. The Bertz CT molecular complexity index is 835. The Balaban J connectivity index is 1.22. The number of allylic oxidation sites excluding steroid dienone is 1. The summed E-state index contributed by atoms with van der Waals surface area (Å²) < 4.78 is 6.35. The average Bonchev–Trinajstić information content (AvgIpc) is 2.85. The predicted octanol–water partition coefficient (Wildman–Crippen LogP) is 8.72. The van der Waals surface area contributed by atoms with Gasteiger partial charge in [0.2, 0.25) is 0 Å². The van der Waals surface area contributed by atoms with Crippen LogP contribution in [0.2, 0.25) is 0 Å². The lowest BCUT2D eigenvalue weighted by Gasteiger charge is -2.31. The van der Waals surface area contributed by atoms with Crippen molar-refractivity contribution < 1.29 is 4.74 Å². The van der Waals surface area contributed by atoms with E-state index in [4.69, 9.17) is 4.74 Å². The van der Waals surface area contributed by atoms with Crippen LogP contribution in [0.15, 0.2) is 60.7 Å². The van der Waals surface area contributed by atoms with Gasteiger partial charge in [0, 0.05) is 0 Å². The molecule has 0 saturated heterocycles. The summed E-state index contributed by atoms with van der Waals surface area (Å²) in [5.74, 6) is 3.09. The molecule has 2 aromatic carbocycles. The van der Waals surface area contributed by atoms with Crippen LogP contribution in [0, 0.1) is 24.7 Å². The zero-order valence-electron chi connectivity index (χ0n) is 20.4. The van der Waals surface area contributed by atoms with E-state index in [1.165, 1.54) is 73.6 Å². The van der Waals surface area contributed by atoms with Crippen LogP contribution in [0.1, 0.15) is 82.3 Å². The van der Waals surface area contributed by atoms with E-state index in [0.29, 0.717) is 12.0 Å². The summed E-state index contributed by atoms with van der Waals surface area (Å²) in [4.78, 5) is 0. The van der Waals surface area contributed by atoms with E-state index in [0.717, 1.165) is 24.4 Å². The number of hydrogen-bond acceptors (Lipinski definition) is 1. The third kappa shape index (κ3) is 5.93. The Morgan fingerprint density at radius 3 is 1.94 bits per heavy atom. The molecule has 2 aliphatic carbocycles. The molecule has 0 aromatic heterocycles. The van der Waals surface area contributed by atoms with Crippen LogP contribution in [-0.2, 0) is 4.74 Å². The van der Waals surface area contributed by atoms with Crippen LogP contribution in [0.5, 0.6) is 0 Å². The number of ether oxygens (including phenoxy) is 1. The van der Waals surface area contributed by atoms with Crippen molar-refractivity contribution in [3.8, 4) is 11.1 Å². The van der Waals surface area contributed by atoms with Gasteiger partial charge in [-0.2, -0.15) is 0 Å². The molecule has 2 aliphatic rings. The van der Waals surface area contributed by atoms with E-state index in [2.05, 4.69) is 81.5 Å². The summed E-state index contributed by atoms with van der Waals surface area (Å²) in [6.07, 6.45) is 15.5. The maximum atomic E-state index is 6.35. The second kappa shape index (κ2) is 11.3. The summed E-state index contributed by atoms with van der Waals surface area (Å²) in [5.41, 5.74) is 5.47. The van der Waals surface area contributed by atoms with Gasteiger partial charge in [0.05, 0.1) is 12.7 Å². The highest BCUT2D eigenvalue weighted by Gasteiger charge is 2.25. The fraction of sp³-hybridized carbons (Fsp3) is 0.548. The van der Waals surface area contributed by atoms with Crippen LogP contribution in [0.4, 0.5) is 0 Å². The highest BCUT2D eigenvalue weighted by Crippen LogP contribution is 2.37. The molecule has 0 radical (unpaired) electrons. The first kappa shape index (κ1) is 23.3. The maximum absolute atomic E-state index is 6.35. The molecule has 4 rings (SSSR count). The SMILES string of the molecule is CCC(CC)C1C=CC(OCC2CCC(c3ccc(-c4ccc(C)cc4)cc3)CC2)CC1. The Kier molecular flexibility index (Phi) is 8.25.